The Bertz CT molecular complexity index is 794. The summed E-state index contributed by atoms with van der Waals surface area (Å²) < 4.78 is 0. The van der Waals surface area contributed by atoms with Gasteiger partial charge >= 0.3 is 0 Å². The first kappa shape index (κ1) is 16.7. The molecule has 0 atom stereocenters. The van der Waals surface area contributed by atoms with Gasteiger partial charge in [-0.05, 0) is 29.3 Å². The van der Waals surface area contributed by atoms with E-state index < -0.39 is 5.91 Å². The van der Waals surface area contributed by atoms with Crippen molar-refractivity contribution in [3.8, 4) is 0 Å². The smallest absolute Gasteiger partial charge is 0.267 e. The molecule has 23 heavy (non-hydrogen) atoms. The number of nitrogens with one attached hydrogen (secondary N) is 2. The molecule has 2 heterocycles. The van der Waals surface area contributed by atoms with Crippen LogP contribution in [0.5, 0.6) is 0 Å². The van der Waals surface area contributed by atoms with Gasteiger partial charge in [0.1, 0.15) is 5.82 Å². The van der Waals surface area contributed by atoms with Crippen LogP contribution in [0.3, 0.4) is 0 Å². The Morgan fingerprint density at radius 1 is 1.26 bits per heavy atom. The molecule has 3 aromatic rings. The maximum atomic E-state index is 10.9. The Morgan fingerprint density at radius 2 is 2.04 bits per heavy atom. The highest BCUT2D eigenvalue weighted by molar-refractivity contribution is 5.90. The maximum absolute atomic E-state index is 10.9. The number of amides is 1. The van der Waals surface area contributed by atoms with Gasteiger partial charge in [0, 0.05) is 18.7 Å². The van der Waals surface area contributed by atoms with Crippen LogP contribution < -0.4 is 5.48 Å². The molecule has 1 amide bonds. The molecule has 0 aliphatic carbocycles. The molecule has 0 aliphatic rings. The van der Waals surface area contributed by atoms with Crippen molar-refractivity contribution < 1.29 is 10.0 Å². The molecule has 0 saturated carbocycles. The van der Waals surface area contributed by atoms with Gasteiger partial charge in [0.25, 0.3) is 5.91 Å². The third-order valence-corrected chi connectivity index (χ3v) is 3.20. The predicted octanol–water partition coefficient (Wildman–Crippen LogP) is 2.49. The van der Waals surface area contributed by atoms with Crippen LogP contribution in [0.15, 0.2) is 48.7 Å². The van der Waals surface area contributed by atoms with Crippen LogP contribution in [0.2, 0.25) is 0 Å². The lowest BCUT2D eigenvalue weighted by molar-refractivity contribution is -0.124. The second kappa shape index (κ2) is 7.53. The zero-order valence-electron chi connectivity index (χ0n) is 12.1. The first-order valence-electron chi connectivity index (χ1n) is 6.75. The van der Waals surface area contributed by atoms with Gasteiger partial charge in [-0.25, -0.2) is 15.4 Å². The summed E-state index contributed by atoms with van der Waals surface area (Å²) in [5, 5.41) is 8.41. The van der Waals surface area contributed by atoms with Crippen molar-refractivity contribution in [1.82, 2.24) is 20.4 Å². The summed E-state index contributed by atoms with van der Waals surface area (Å²) in [5.74, 6) is 0.301. The molecule has 6 nitrogen and oxygen atoms in total. The number of hydrogen-bond acceptors (Lipinski definition) is 4. The molecule has 0 spiro atoms. The van der Waals surface area contributed by atoms with Crippen LogP contribution in [-0.2, 0) is 11.2 Å². The number of fused-ring (bicyclic) bond motifs is 1. The van der Waals surface area contributed by atoms with Crippen LogP contribution in [0.1, 0.15) is 17.0 Å². The lowest BCUT2D eigenvalue weighted by atomic mass is 10.1. The van der Waals surface area contributed by atoms with Crippen LogP contribution in [0, 0.1) is 0 Å². The van der Waals surface area contributed by atoms with E-state index in [0.29, 0.717) is 12.1 Å². The number of rotatable bonds is 4. The number of aromatic nitrogens is 3. The number of pyridine rings is 1. The van der Waals surface area contributed by atoms with Gasteiger partial charge in [-0.2, -0.15) is 0 Å². The van der Waals surface area contributed by atoms with E-state index in [2.05, 4.69) is 15.0 Å². The van der Waals surface area contributed by atoms with Crippen molar-refractivity contribution in [2.45, 2.75) is 6.42 Å². The van der Waals surface area contributed by atoms with Crippen molar-refractivity contribution in [2.75, 3.05) is 0 Å². The van der Waals surface area contributed by atoms with Gasteiger partial charge in [0.15, 0.2) is 5.65 Å². The van der Waals surface area contributed by atoms with E-state index in [-0.39, 0.29) is 12.4 Å². The van der Waals surface area contributed by atoms with Crippen LogP contribution in [0.4, 0.5) is 0 Å². The minimum Gasteiger partial charge on any atom is -0.340 e. The van der Waals surface area contributed by atoms with E-state index >= 15 is 0 Å². The highest BCUT2D eigenvalue weighted by Gasteiger charge is 2.04. The van der Waals surface area contributed by atoms with E-state index in [1.54, 1.807) is 17.8 Å². The quantitative estimate of drug-likeness (QED) is 0.389. The number of benzene rings is 1. The Morgan fingerprint density at radius 3 is 2.74 bits per heavy atom. The molecule has 0 radical (unpaired) electrons. The zero-order valence-corrected chi connectivity index (χ0v) is 12.9. The highest BCUT2D eigenvalue weighted by atomic mass is 35.5. The van der Waals surface area contributed by atoms with E-state index in [9.17, 15) is 4.79 Å². The minimum atomic E-state index is -0.557. The SMILES string of the molecule is Cl.O=C(/C=C/c1ccc(Cc2nc3ncccc3[nH]2)cc1)NO. The molecule has 118 valence electrons. The van der Waals surface area contributed by atoms with Crippen molar-refractivity contribution in [3.05, 3.63) is 65.6 Å². The number of hydrogen-bond donors (Lipinski definition) is 3. The summed E-state index contributed by atoms with van der Waals surface area (Å²) in [7, 11) is 0. The van der Waals surface area contributed by atoms with Gasteiger partial charge in [0.05, 0.1) is 5.52 Å². The second-order valence-corrected chi connectivity index (χ2v) is 4.79. The average molecular weight is 331 g/mol. The van der Waals surface area contributed by atoms with Gasteiger partial charge < -0.3 is 4.98 Å². The molecule has 0 unspecified atom stereocenters. The summed E-state index contributed by atoms with van der Waals surface area (Å²) >= 11 is 0. The molecule has 0 bridgehead atoms. The molecule has 3 N–H and O–H groups in total. The highest BCUT2D eigenvalue weighted by Crippen LogP contribution is 2.13. The first-order chi connectivity index (χ1) is 10.7. The Balaban J connectivity index is 0.00000192. The van der Waals surface area contributed by atoms with E-state index in [1.165, 1.54) is 6.08 Å². The summed E-state index contributed by atoms with van der Waals surface area (Å²) in [6, 6.07) is 11.6. The Labute approximate surface area is 138 Å². The molecule has 7 heteroatoms. The van der Waals surface area contributed by atoms with Gasteiger partial charge in [-0.3, -0.25) is 10.0 Å². The number of aromatic amines is 1. The maximum Gasteiger partial charge on any atom is 0.267 e. The minimum absolute atomic E-state index is 0. The van der Waals surface area contributed by atoms with Crippen molar-refractivity contribution in [1.29, 1.82) is 0 Å². The summed E-state index contributed by atoms with van der Waals surface area (Å²) in [4.78, 5) is 22.8. The topological polar surface area (TPSA) is 90.9 Å². The third-order valence-electron chi connectivity index (χ3n) is 3.20. The van der Waals surface area contributed by atoms with Gasteiger partial charge in [-0.15, -0.1) is 12.4 Å². The summed E-state index contributed by atoms with van der Waals surface area (Å²) in [6.45, 7) is 0. The number of hydroxylamine groups is 1. The molecule has 2 aromatic heterocycles. The van der Waals surface area contributed by atoms with Crippen molar-refractivity contribution in [2.24, 2.45) is 0 Å². The molecule has 0 aliphatic heterocycles. The molecule has 1 aromatic carbocycles. The van der Waals surface area contributed by atoms with E-state index in [0.717, 1.165) is 22.5 Å². The third kappa shape index (κ3) is 4.15. The average Bonchev–Trinajstić information content (AvgIpc) is 2.96. The van der Waals surface area contributed by atoms with Crippen LogP contribution in [-0.4, -0.2) is 26.1 Å². The molecular weight excluding hydrogens is 316 g/mol. The molecular formula is C16H15ClN4O2. The fourth-order valence-corrected chi connectivity index (χ4v) is 2.13. The van der Waals surface area contributed by atoms with Crippen molar-refractivity contribution in [3.63, 3.8) is 0 Å². The number of H-pyrrole nitrogens is 1. The number of imidazole rings is 1. The van der Waals surface area contributed by atoms with Gasteiger partial charge in [-0.1, -0.05) is 24.3 Å². The predicted molar refractivity (Wildman–Crippen MR) is 89.3 cm³/mol. The number of carbonyl (C=O) groups excluding carboxylic acids is 1. The molecule has 0 fully saturated rings. The lowest BCUT2D eigenvalue weighted by Crippen LogP contribution is -2.14. The normalized spacial score (nSPS) is 10.7. The van der Waals surface area contributed by atoms with Gasteiger partial charge in [0.2, 0.25) is 0 Å². The molecule has 0 saturated heterocycles. The largest absolute Gasteiger partial charge is 0.340 e. The fraction of sp³-hybridized carbons (Fsp3) is 0.0625. The summed E-state index contributed by atoms with van der Waals surface area (Å²) in [6.07, 6.45) is 5.29. The van der Waals surface area contributed by atoms with Crippen molar-refractivity contribution >= 4 is 35.6 Å². The second-order valence-electron chi connectivity index (χ2n) is 4.79. The van der Waals surface area contributed by atoms with E-state index in [4.69, 9.17) is 5.21 Å². The lowest BCUT2D eigenvalue weighted by Gasteiger charge is -1.99. The standard InChI is InChI=1S/C16H14N4O2.ClH/c21-15(20-22)8-7-11-3-5-12(6-4-11)10-14-18-13-2-1-9-17-16(13)19-14;/h1-9,22H,10H2,(H,20,21)(H,17,18,19);1H/b8-7+;. The first-order valence-corrected chi connectivity index (χ1v) is 6.75. The molecule has 3 rings (SSSR count). The number of carbonyl (C=O) groups is 1. The fourth-order valence-electron chi connectivity index (χ4n) is 2.13. The number of halogens is 1. The summed E-state index contributed by atoms with van der Waals surface area (Å²) in [5.41, 5.74) is 5.16. The zero-order chi connectivity index (χ0) is 15.4. The van der Waals surface area contributed by atoms with E-state index in [1.807, 2.05) is 36.4 Å². The van der Waals surface area contributed by atoms with Crippen LogP contribution >= 0.6 is 12.4 Å². The Hall–Kier alpha value is -2.70. The van der Waals surface area contributed by atoms with Crippen LogP contribution in [0.25, 0.3) is 17.2 Å². The Kier molecular flexibility index (Phi) is 5.46. The monoisotopic (exact) mass is 330 g/mol. The number of nitrogens with zero attached hydrogens (tertiary/aromatic N) is 2.